The van der Waals surface area contributed by atoms with Gasteiger partial charge >= 0.3 is 0 Å². The van der Waals surface area contributed by atoms with Gasteiger partial charge in [-0.1, -0.05) is 31.2 Å². The van der Waals surface area contributed by atoms with Crippen molar-refractivity contribution >= 4 is 17.7 Å². The first-order valence-electron chi connectivity index (χ1n) is 8.02. The van der Waals surface area contributed by atoms with E-state index in [9.17, 15) is 4.79 Å². The lowest BCUT2D eigenvalue weighted by Gasteiger charge is -2.12. The topological polar surface area (TPSA) is 72.7 Å². The molecule has 0 saturated carbocycles. The zero-order chi connectivity index (χ0) is 17.4. The highest BCUT2D eigenvalue weighted by Crippen LogP contribution is 2.23. The van der Waals surface area contributed by atoms with Crippen LogP contribution in [0.3, 0.4) is 0 Å². The monoisotopic (exact) mass is 345 g/mol. The minimum absolute atomic E-state index is 0.0135. The summed E-state index contributed by atoms with van der Waals surface area (Å²) in [5, 5.41) is 12.2. The number of nitrogens with one attached hydrogen (secondary N) is 1. The van der Waals surface area contributed by atoms with Crippen molar-refractivity contribution in [2.45, 2.75) is 44.4 Å². The summed E-state index contributed by atoms with van der Waals surface area (Å²) in [6.45, 7) is 8.50. The fourth-order valence-electron chi connectivity index (χ4n) is 2.36. The van der Waals surface area contributed by atoms with Crippen LogP contribution in [0, 0.1) is 0 Å². The summed E-state index contributed by atoms with van der Waals surface area (Å²) in [5.74, 6) is 1.08. The minimum Gasteiger partial charge on any atom is -0.353 e. The van der Waals surface area contributed by atoms with Crippen LogP contribution >= 0.6 is 11.8 Å². The van der Waals surface area contributed by atoms with Gasteiger partial charge in [0, 0.05) is 30.5 Å². The second-order valence-corrected chi connectivity index (χ2v) is 6.43. The molecule has 0 aliphatic carbocycles. The largest absolute Gasteiger partial charge is 0.353 e. The van der Waals surface area contributed by atoms with E-state index in [1.54, 1.807) is 18.5 Å². The zero-order valence-corrected chi connectivity index (χ0v) is 14.9. The van der Waals surface area contributed by atoms with E-state index in [0.717, 1.165) is 24.2 Å². The number of hydrogen-bond donors (Lipinski definition) is 1. The molecule has 0 aliphatic heterocycles. The molecule has 1 atom stereocenters. The Morgan fingerprint density at radius 2 is 2.17 bits per heavy atom. The predicted molar refractivity (Wildman–Crippen MR) is 96.7 cm³/mol. The molecule has 128 valence electrons. The van der Waals surface area contributed by atoms with E-state index in [1.807, 2.05) is 23.6 Å². The molecule has 7 heteroatoms. The fourth-order valence-corrected chi connectivity index (χ4v) is 3.11. The maximum absolute atomic E-state index is 12.0. The third kappa shape index (κ3) is 4.92. The molecule has 24 heavy (non-hydrogen) atoms. The van der Waals surface area contributed by atoms with Gasteiger partial charge < -0.3 is 5.32 Å². The summed E-state index contributed by atoms with van der Waals surface area (Å²) in [6, 6.07) is 3.97. The zero-order valence-electron chi connectivity index (χ0n) is 14.1. The molecular weight excluding hydrogens is 322 g/mol. The van der Waals surface area contributed by atoms with Crippen LogP contribution in [0.25, 0.3) is 11.4 Å². The van der Waals surface area contributed by atoms with Gasteiger partial charge in [-0.15, -0.1) is 16.8 Å². The summed E-state index contributed by atoms with van der Waals surface area (Å²) >= 11 is 1.38. The SMILES string of the molecule is C=CCn1c(SCC(=O)NC(C)CCC)nnc1-c1ccncc1. The summed E-state index contributed by atoms with van der Waals surface area (Å²) < 4.78 is 1.95. The number of rotatable bonds is 9. The van der Waals surface area contributed by atoms with Crippen LogP contribution in [0.1, 0.15) is 26.7 Å². The summed E-state index contributed by atoms with van der Waals surface area (Å²) in [5.41, 5.74) is 0.937. The Balaban J connectivity index is 2.06. The number of pyridine rings is 1. The summed E-state index contributed by atoms with van der Waals surface area (Å²) in [7, 11) is 0. The van der Waals surface area contributed by atoms with E-state index in [4.69, 9.17) is 0 Å². The molecule has 2 rings (SSSR count). The van der Waals surface area contributed by atoms with Gasteiger partial charge in [-0.3, -0.25) is 14.3 Å². The van der Waals surface area contributed by atoms with Gasteiger partial charge in [0.25, 0.3) is 0 Å². The molecule has 1 amide bonds. The molecule has 2 aromatic rings. The predicted octanol–water partition coefficient (Wildman–Crippen LogP) is 2.92. The molecule has 0 saturated heterocycles. The van der Waals surface area contributed by atoms with Crippen molar-refractivity contribution in [3.63, 3.8) is 0 Å². The molecule has 6 nitrogen and oxygen atoms in total. The van der Waals surface area contributed by atoms with E-state index in [2.05, 4.69) is 34.0 Å². The van der Waals surface area contributed by atoms with Crippen molar-refractivity contribution in [1.82, 2.24) is 25.1 Å². The van der Waals surface area contributed by atoms with Gasteiger partial charge in [-0.2, -0.15) is 0 Å². The average Bonchev–Trinajstić information content (AvgIpc) is 2.97. The highest BCUT2D eigenvalue weighted by atomic mass is 32.2. The quantitative estimate of drug-likeness (QED) is 0.559. The maximum Gasteiger partial charge on any atom is 0.230 e. The molecule has 0 aromatic carbocycles. The highest BCUT2D eigenvalue weighted by Gasteiger charge is 2.15. The van der Waals surface area contributed by atoms with Crippen LogP contribution in [0.2, 0.25) is 0 Å². The van der Waals surface area contributed by atoms with Crippen molar-refractivity contribution in [3.8, 4) is 11.4 Å². The second kappa shape index (κ2) is 9.22. The third-order valence-corrected chi connectivity index (χ3v) is 4.40. The number of allylic oxidation sites excluding steroid dienone is 1. The Labute approximate surface area is 146 Å². The number of aromatic nitrogens is 4. The molecule has 2 heterocycles. The van der Waals surface area contributed by atoms with E-state index in [-0.39, 0.29) is 11.9 Å². The first kappa shape index (κ1) is 18.2. The molecule has 2 aromatic heterocycles. The van der Waals surface area contributed by atoms with Crippen LogP contribution in [0.15, 0.2) is 42.3 Å². The van der Waals surface area contributed by atoms with Crippen LogP contribution in [-0.2, 0) is 11.3 Å². The molecule has 1 N–H and O–H groups in total. The van der Waals surface area contributed by atoms with Gasteiger partial charge in [0.15, 0.2) is 11.0 Å². The highest BCUT2D eigenvalue weighted by molar-refractivity contribution is 7.99. The standard InChI is InChI=1S/C17H23N5OS/c1-4-6-13(3)19-15(23)12-24-17-21-20-16(22(17)11-5-2)14-7-9-18-10-8-14/h5,7-10,13H,2,4,6,11-12H2,1,3H3,(H,19,23). The Morgan fingerprint density at radius 3 is 2.83 bits per heavy atom. The lowest BCUT2D eigenvalue weighted by atomic mass is 10.2. The van der Waals surface area contributed by atoms with E-state index < -0.39 is 0 Å². The van der Waals surface area contributed by atoms with Gasteiger partial charge in [0.2, 0.25) is 5.91 Å². The number of nitrogens with zero attached hydrogens (tertiary/aromatic N) is 4. The van der Waals surface area contributed by atoms with Crippen LogP contribution in [0.5, 0.6) is 0 Å². The molecular formula is C17H23N5OS. The lowest BCUT2D eigenvalue weighted by molar-refractivity contribution is -0.119. The first-order chi connectivity index (χ1) is 11.7. The molecule has 1 unspecified atom stereocenters. The number of carbonyl (C=O) groups is 1. The third-order valence-electron chi connectivity index (χ3n) is 3.43. The van der Waals surface area contributed by atoms with Gasteiger partial charge in [0.05, 0.1) is 5.75 Å². The van der Waals surface area contributed by atoms with Crippen LogP contribution in [-0.4, -0.2) is 37.5 Å². The first-order valence-corrected chi connectivity index (χ1v) is 9.01. The fraction of sp³-hybridized carbons (Fsp3) is 0.412. The van der Waals surface area contributed by atoms with E-state index >= 15 is 0 Å². The summed E-state index contributed by atoms with van der Waals surface area (Å²) in [6.07, 6.45) is 7.27. The van der Waals surface area contributed by atoms with Crippen LogP contribution in [0.4, 0.5) is 0 Å². The van der Waals surface area contributed by atoms with Crippen molar-refractivity contribution in [2.24, 2.45) is 0 Å². The Hall–Kier alpha value is -2.15. The molecule has 0 aliphatic rings. The van der Waals surface area contributed by atoms with E-state index in [1.165, 1.54) is 11.8 Å². The minimum atomic E-state index is 0.0135. The van der Waals surface area contributed by atoms with Gasteiger partial charge in [0.1, 0.15) is 0 Å². The number of thioether (sulfide) groups is 1. The molecule has 0 fully saturated rings. The second-order valence-electron chi connectivity index (χ2n) is 5.49. The maximum atomic E-state index is 12.0. The smallest absolute Gasteiger partial charge is 0.230 e. The van der Waals surface area contributed by atoms with Gasteiger partial charge in [-0.05, 0) is 25.5 Å². The van der Waals surface area contributed by atoms with Gasteiger partial charge in [-0.25, -0.2) is 0 Å². The Bertz CT molecular complexity index is 671. The lowest BCUT2D eigenvalue weighted by Crippen LogP contribution is -2.33. The average molecular weight is 345 g/mol. The van der Waals surface area contributed by atoms with Crippen molar-refractivity contribution < 1.29 is 4.79 Å². The molecule has 0 radical (unpaired) electrons. The number of carbonyl (C=O) groups excluding carboxylic acids is 1. The number of amides is 1. The summed E-state index contributed by atoms with van der Waals surface area (Å²) in [4.78, 5) is 16.0. The Morgan fingerprint density at radius 1 is 1.42 bits per heavy atom. The number of hydrogen-bond acceptors (Lipinski definition) is 5. The Kier molecular flexibility index (Phi) is 6.99. The van der Waals surface area contributed by atoms with Crippen molar-refractivity contribution in [3.05, 3.63) is 37.2 Å². The van der Waals surface area contributed by atoms with E-state index in [0.29, 0.717) is 17.5 Å². The van der Waals surface area contributed by atoms with Crippen molar-refractivity contribution in [2.75, 3.05) is 5.75 Å². The molecule has 0 spiro atoms. The van der Waals surface area contributed by atoms with Crippen LogP contribution < -0.4 is 5.32 Å². The normalized spacial score (nSPS) is 11.9. The molecule has 0 bridgehead atoms. The van der Waals surface area contributed by atoms with Crippen molar-refractivity contribution in [1.29, 1.82) is 0 Å².